The number of ether oxygens (including phenoxy) is 2. The number of rotatable bonds is 16. The second-order valence-electron chi connectivity index (χ2n) is 12.7. The maximum atomic E-state index is 12.4. The molecular weight excluding hydrogens is 697 g/mol. The maximum absolute atomic E-state index is 12.4. The number of hydrogen-bond acceptors (Lipinski definition) is 11. The van der Waals surface area contributed by atoms with Gasteiger partial charge in [0.15, 0.2) is 6.29 Å². The number of aliphatic hydroxyl groups is 1. The van der Waals surface area contributed by atoms with Gasteiger partial charge in [0.1, 0.15) is 5.75 Å². The second-order valence-corrected chi connectivity index (χ2v) is 13.7. The van der Waals surface area contributed by atoms with E-state index < -0.39 is 12.2 Å². The van der Waals surface area contributed by atoms with Gasteiger partial charge < -0.3 is 25.0 Å². The molecule has 4 aromatic carbocycles. The van der Waals surface area contributed by atoms with E-state index >= 15 is 0 Å². The molecule has 1 aromatic heterocycles. The molecule has 0 radical (unpaired) electrons. The van der Waals surface area contributed by atoms with Crippen LogP contribution in [-0.4, -0.2) is 59.3 Å². The van der Waals surface area contributed by atoms with Crippen LogP contribution in [0, 0.1) is 0 Å². The topological polar surface area (TPSA) is 181 Å². The Hall–Kier alpha value is -5.12. The van der Waals surface area contributed by atoms with Gasteiger partial charge in [-0.05, 0) is 81.4 Å². The van der Waals surface area contributed by atoms with E-state index in [4.69, 9.17) is 14.7 Å². The molecule has 5 N–H and O–H groups in total. The number of amides is 2. The highest BCUT2D eigenvalue weighted by atomic mass is 32.2. The molecule has 1 fully saturated rings. The van der Waals surface area contributed by atoms with Gasteiger partial charge in [-0.3, -0.25) is 14.8 Å². The number of tetrazole rings is 1. The number of aromatic hydroxyl groups is 1. The van der Waals surface area contributed by atoms with Crippen molar-refractivity contribution in [2.45, 2.75) is 75.3 Å². The Morgan fingerprint density at radius 1 is 0.830 bits per heavy atom. The Morgan fingerprint density at radius 2 is 1.57 bits per heavy atom. The molecule has 1 aliphatic rings. The first-order valence-corrected chi connectivity index (χ1v) is 18.5. The average Bonchev–Trinajstić information content (AvgIpc) is 3.68. The maximum Gasteiger partial charge on any atom is 0.243 e. The number of phenolic OH excluding ortho intramolecular Hbond substituents is 1. The van der Waals surface area contributed by atoms with Crippen LogP contribution < -0.4 is 10.8 Å². The highest BCUT2D eigenvalue weighted by Crippen LogP contribution is 2.40. The third-order valence-corrected chi connectivity index (χ3v) is 9.96. The fourth-order valence-corrected chi connectivity index (χ4v) is 6.91. The molecule has 3 atom stereocenters. The van der Waals surface area contributed by atoms with Gasteiger partial charge in [-0.2, -0.15) is 4.68 Å². The van der Waals surface area contributed by atoms with Crippen molar-refractivity contribution in [3.63, 3.8) is 0 Å². The Bertz CT molecular complexity index is 1940. The van der Waals surface area contributed by atoms with Crippen molar-refractivity contribution in [2.75, 3.05) is 5.75 Å². The van der Waals surface area contributed by atoms with E-state index in [-0.39, 0.29) is 36.9 Å². The smallest absolute Gasteiger partial charge is 0.243 e. The third-order valence-electron chi connectivity index (χ3n) is 8.91. The lowest BCUT2D eigenvalue weighted by Gasteiger charge is -2.36. The first-order chi connectivity index (χ1) is 25.9. The van der Waals surface area contributed by atoms with Gasteiger partial charge >= 0.3 is 0 Å². The monoisotopic (exact) mass is 738 g/mol. The number of thioether (sulfide) groups is 1. The summed E-state index contributed by atoms with van der Waals surface area (Å²) in [6.07, 6.45) is 2.14. The van der Waals surface area contributed by atoms with Crippen LogP contribution in [0.4, 0.5) is 0 Å². The lowest BCUT2D eigenvalue weighted by molar-refractivity contribution is -0.245. The molecule has 53 heavy (non-hydrogen) atoms. The second kappa shape index (κ2) is 18.6. The molecule has 2 heterocycles. The zero-order valence-corrected chi connectivity index (χ0v) is 29.8. The van der Waals surface area contributed by atoms with Crippen molar-refractivity contribution in [1.29, 1.82) is 0 Å². The van der Waals surface area contributed by atoms with Crippen LogP contribution >= 0.6 is 11.8 Å². The molecule has 2 amide bonds. The van der Waals surface area contributed by atoms with Crippen LogP contribution in [0.3, 0.4) is 0 Å². The van der Waals surface area contributed by atoms with Crippen molar-refractivity contribution < 1.29 is 34.5 Å². The van der Waals surface area contributed by atoms with Gasteiger partial charge in [-0.15, -0.1) is 5.10 Å². The highest BCUT2D eigenvalue weighted by molar-refractivity contribution is 7.99. The molecule has 13 nitrogen and oxygen atoms in total. The van der Waals surface area contributed by atoms with E-state index in [1.54, 1.807) is 34.4 Å². The fraction of sp³-hybridized carbons (Fsp3) is 0.308. The minimum Gasteiger partial charge on any atom is -0.508 e. The number of hydroxylamine groups is 1. The van der Waals surface area contributed by atoms with Crippen molar-refractivity contribution in [3.05, 3.63) is 119 Å². The zero-order chi connectivity index (χ0) is 37.0. The van der Waals surface area contributed by atoms with E-state index in [9.17, 15) is 19.8 Å². The molecule has 0 spiro atoms. The molecule has 14 heteroatoms. The number of benzene rings is 4. The molecule has 0 aliphatic carbocycles. The molecule has 0 saturated carbocycles. The van der Waals surface area contributed by atoms with Crippen LogP contribution in [0.1, 0.15) is 73.2 Å². The normalized spacial score (nSPS) is 17.0. The number of nitrogens with one attached hydrogen (secondary N) is 2. The fourth-order valence-electron chi connectivity index (χ4n) is 6.00. The first-order valence-electron chi connectivity index (χ1n) is 17.5. The van der Waals surface area contributed by atoms with E-state index in [0.29, 0.717) is 43.1 Å². The Kier molecular flexibility index (Phi) is 13.2. The summed E-state index contributed by atoms with van der Waals surface area (Å²) in [5.74, 6) is 0.259. The number of aromatic nitrogens is 4. The summed E-state index contributed by atoms with van der Waals surface area (Å²) in [6, 6.07) is 30.5. The predicted molar refractivity (Wildman–Crippen MR) is 197 cm³/mol. The van der Waals surface area contributed by atoms with E-state index in [1.807, 2.05) is 66.7 Å². The Morgan fingerprint density at radius 3 is 2.30 bits per heavy atom. The molecule has 3 unspecified atom stereocenters. The summed E-state index contributed by atoms with van der Waals surface area (Å²) in [6.45, 7) is 0.371. The standard InChI is InChI=1S/C39H42N6O7S/c46-24-26-9-11-29(12-10-26)35-22-34(25-53-39-41-43-44-45(39)32-17-19-33(47)20-18-32)51-38(52-35)30-15-13-28(14-16-30)31-6-4-5-27(21-31)23-40-36(48)7-2-1-3-8-37(49)42-50/h4-6,9-21,34-35,38,46-47,50H,1-3,7-8,22-25H2,(H,40,48)(H,42,49). The molecule has 5 aromatic rings. The third kappa shape index (κ3) is 10.5. The van der Waals surface area contributed by atoms with E-state index in [0.717, 1.165) is 45.5 Å². The predicted octanol–water partition coefficient (Wildman–Crippen LogP) is 5.94. The van der Waals surface area contributed by atoms with Crippen molar-refractivity contribution in [3.8, 4) is 22.6 Å². The SMILES string of the molecule is O=C(CCCCCC(=O)NCc1cccc(-c2ccc(C3OC(CSc4nnnn4-c4ccc(O)cc4)CC(c4ccc(CO)cc4)O3)cc2)c1)NO. The highest BCUT2D eigenvalue weighted by Gasteiger charge is 2.32. The van der Waals surface area contributed by atoms with E-state index in [1.165, 1.54) is 11.8 Å². The van der Waals surface area contributed by atoms with Crippen LogP contribution in [0.15, 0.2) is 102 Å². The molecule has 1 aliphatic heterocycles. The number of hydrogen-bond donors (Lipinski definition) is 5. The summed E-state index contributed by atoms with van der Waals surface area (Å²) in [5.41, 5.74) is 8.03. The van der Waals surface area contributed by atoms with Crippen molar-refractivity contribution in [1.82, 2.24) is 31.0 Å². The average molecular weight is 739 g/mol. The lowest BCUT2D eigenvalue weighted by atomic mass is 9.99. The van der Waals surface area contributed by atoms with Gasteiger partial charge in [-0.25, -0.2) is 5.48 Å². The molecular formula is C39H42N6O7S. The van der Waals surface area contributed by atoms with E-state index in [2.05, 4.69) is 26.9 Å². The number of unbranched alkanes of at least 4 members (excludes halogenated alkanes) is 2. The summed E-state index contributed by atoms with van der Waals surface area (Å²) >= 11 is 1.48. The molecule has 276 valence electrons. The van der Waals surface area contributed by atoms with Gasteiger partial charge in [0.2, 0.25) is 17.0 Å². The van der Waals surface area contributed by atoms with Crippen LogP contribution in [0.5, 0.6) is 5.75 Å². The first kappa shape index (κ1) is 37.6. The largest absolute Gasteiger partial charge is 0.508 e. The minimum absolute atomic E-state index is 0.0348. The number of carbonyl (C=O) groups is 2. The summed E-state index contributed by atoms with van der Waals surface area (Å²) in [4.78, 5) is 23.5. The van der Waals surface area contributed by atoms with Gasteiger partial charge in [-0.1, -0.05) is 84.9 Å². The van der Waals surface area contributed by atoms with Crippen LogP contribution in [-0.2, 0) is 32.2 Å². The van der Waals surface area contributed by atoms with Gasteiger partial charge in [0.05, 0.1) is 24.5 Å². The number of phenols is 1. The Balaban J connectivity index is 1.10. The van der Waals surface area contributed by atoms with Gasteiger partial charge in [0.25, 0.3) is 0 Å². The van der Waals surface area contributed by atoms with Gasteiger partial charge in [0, 0.05) is 37.1 Å². The number of aliphatic hydroxyl groups excluding tert-OH is 1. The summed E-state index contributed by atoms with van der Waals surface area (Å²) in [7, 11) is 0. The number of carbonyl (C=O) groups excluding carboxylic acids is 2. The summed E-state index contributed by atoms with van der Waals surface area (Å²) < 4.78 is 14.7. The zero-order valence-electron chi connectivity index (χ0n) is 29.0. The molecule has 6 rings (SSSR count). The van der Waals surface area contributed by atoms with Crippen LogP contribution in [0.2, 0.25) is 0 Å². The molecule has 0 bridgehead atoms. The lowest BCUT2D eigenvalue weighted by Crippen LogP contribution is -2.31. The quantitative estimate of drug-likeness (QED) is 0.0350. The number of nitrogens with zero attached hydrogens (tertiary/aromatic N) is 4. The Labute approximate surface area is 311 Å². The minimum atomic E-state index is -0.632. The summed E-state index contributed by atoms with van der Waals surface area (Å²) in [5, 5.41) is 43.6. The van der Waals surface area contributed by atoms with Crippen molar-refractivity contribution >= 4 is 23.6 Å². The van der Waals surface area contributed by atoms with Crippen LogP contribution in [0.25, 0.3) is 16.8 Å². The molecule has 1 saturated heterocycles. The van der Waals surface area contributed by atoms with Crippen molar-refractivity contribution in [2.24, 2.45) is 0 Å².